The van der Waals surface area contributed by atoms with Crippen LogP contribution in [-0.4, -0.2) is 19.1 Å². The van der Waals surface area contributed by atoms with Crippen LogP contribution < -0.4 is 10.6 Å². The van der Waals surface area contributed by atoms with Crippen molar-refractivity contribution in [3.63, 3.8) is 0 Å². The van der Waals surface area contributed by atoms with Crippen LogP contribution in [0.5, 0.6) is 0 Å². The molecule has 0 fully saturated rings. The van der Waals surface area contributed by atoms with Gasteiger partial charge in [-0.05, 0) is 37.6 Å². The lowest BCUT2D eigenvalue weighted by atomic mass is 10.2. The van der Waals surface area contributed by atoms with Crippen LogP contribution in [0.25, 0.3) is 0 Å². The van der Waals surface area contributed by atoms with Gasteiger partial charge in [0.05, 0.1) is 12.2 Å². The number of nitriles is 1. The van der Waals surface area contributed by atoms with Gasteiger partial charge in [0.2, 0.25) is 0 Å². The summed E-state index contributed by atoms with van der Waals surface area (Å²) in [7, 11) is 0. The van der Waals surface area contributed by atoms with E-state index in [1.54, 1.807) is 13.0 Å². The summed E-state index contributed by atoms with van der Waals surface area (Å²) in [5, 5.41) is 14.8. The minimum atomic E-state index is -4.43. The highest BCUT2D eigenvalue weighted by atomic mass is 19.4. The Labute approximate surface area is 138 Å². The quantitative estimate of drug-likeness (QED) is 0.452. The monoisotopic (exact) mass is 341 g/mol. The van der Waals surface area contributed by atoms with Gasteiger partial charge in [0.15, 0.2) is 5.57 Å². The largest absolute Gasteiger partial charge is 0.462 e. The molecule has 0 heterocycles. The van der Waals surface area contributed by atoms with Crippen molar-refractivity contribution in [1.82, 2.24) is 5.32 Å². The van der Waals surface area contributed by atoms with Crippen LogP contribution in [0.4, 0.5) is 18.9 Å². The Morgan fingerprint density at radius 3 is 2.33 bits per heavy atom. The molecule has 0 atom stereocenters. The molecule has 0 bridgehead atoms. The molecule has 0 saturated heterocycles. The molecule has 24 heavy (non-hydrogen) atoms. The highest BCUT2D eigenvalue weighted by molar-refractivity contribution is 5.94. The number of carbonyl (C=O) groups excluding carboxylic acids is 1. The van der Waals surface area contributed by atoms with E-state index in [4.69, 9.17) is 4.74 Å². The standard InChI is InChI=1S/C16H18F3N3O2/c1-3-9-21-14(13(10-20)15(23)24-4-2)22-12-7-5-11(6-8-12)16(17,18)19/h5-8,21-22H,3-4,9H2,1-2H3/b14-13-. The van der Waals surface area contributed by atoms with Gasteiger partial charge in [0.1, 0.15) is 11.9 Å². The molecule has 8 heteroatoms. The van der Waals surface area contributed by atoms with E-state index in [1.165, 1.54) is 12.1 Å². The SMILES string of the molecule is CCCN/C(Nc1ccc(C(F)(F)F)cc1)=C(\C#N)C(=O)OCC. The average molecular weight is 341 g/mol. The number of ether oxygens (including phenoxy) is 1. The van der Waals surface area contributed by atoms with E-state index in [-0.39, 0.29) is 18.0 Å². The summed E-state index contributed by atoms with van der Waals surface area (Å²) in [5.74, 6) is -0.712. The molecular weight excluding hydrogens is 323 g/mol. The minimum Gasteiger partial charge on any atom is -0.462 e. The van der Waals surface area contributed by atoms with Crippen molar-refractivity contribution in [2.75, 3.05) is 18.5 Å². The van der Waals surface area contributed by atoms with E-state index >= 15 is 0 Å². The molecule has 0 amide bonds. The summed E-state index contributed by atoms with van der Waals surface area (Å²) in [4.78, 5) is 11.8. The maximum atomic E-state index is 12.6. The number of esters is 1. The van der Waals surface area contributed by atoms with Crippen molar-refractivity contribution in [3.8, 4) is 6.07 Å². The topological polar surface area (TPSA) is 74.1 Å². The van der Waals surface area contributed by atoms with Gasteiger partial charge >= 0.3 is 12.1 Å². The zero-order valence-electron chi connectivity index (χ0n) is 13.3. The van der Waals surface area contributed by atoms with E-state index in [1.807, 2.05) is 6.92 Å². The van der Waals surface area contributed by atoms with E-state index in [0.29, 0.717) is 12.2 Å². The Morgan fingerprint density at radius 1 is 1.25 bits per heavy atom. The smallest absolute Gasteiger partial charge is 0.416 e. The minimum absolute atomic E-state index is 0.0950. The number of benzene rings is 1. The number of nitrogens with zero attached hydrogens (tertiary/aromatic N) is 1. The number of hydrogen-bond acceptors (Lipinski definition) is 5. The molecule has 0 aromatic heterocycles. The number of alkyl halides is 3. The molecule has 0 radical (unpaired) electrons. The van der Waals surface area contributed by atoms with Crippen LogP contribution in [0.15, 0.2) is 35.7 Å². The van der Waals surface area contributed by atoms with E-state index in [9.17, 15) is 23.2 Å². The second-order valence-electron chi connectivity index (χ2n) is 4.71. The van der Waals surface area contributed by atoms with Crippen molar-refractivity contribution in [3.05, 3.63) is 41.2 Å². The van der Waals surface area contributed by atoms with Gasteiger partial charge < -0.3 is 15.4 Å². The van der Waals surface area contributed by atoms with E-state index in [0.717, 1.165) is 18.6 Å². The zero-order valence-corrected chi connectivity index (χ0v) is 13.3. The van der Waals surface area contributed by atoms with Crippen molar-refractivity contribution in [2.24, 2.45) is 0 Å². The predicted octanol–water partition coefficient (Wildman–Crippen LogP) is 3.42. The number of halogens is 3. The molecule has 5 nitrogen and oxygen atoms in total. The maximum Gasteiger partial charge on any atom is 0.416 e. The molecular formula is C16H18F3N3O2. The molecule has 0 aliphatic carbocycles. The first-order valence-corrected chi connectivity index (χ1v) is 7.33. The normalized spacial score (nSPS) is 12.0. The molecule has 0 aliphatic rings. The Morgan fingerprint density at radius 2 is 1.88 bits per heavy atom. The number of carbonyl (C=O) groups is 1. The van der Waals surface area contributed by atoms with E-state index < -0.39 is 17.7 Å². The highest BCUT2D eigenvalue weighted by Crippen LogP contribution is 2.30. The predicted molar refractivity (Wildman–Crippen MR) is 82.6 cm³/mol. The number of rotatable bonds is 7. The fourth-order valence-electron chi connectivity index (χ4n) is 1.74. The van der Waals surface area contributed by atoms with Crippen molar-refractivity contribution < 1.29 is 22.7 Å². The molecule has 0 spiro atoms. The van der Waals surface area contributed by atoms with Crippen LogP contribution in [0.3, 0.4) is 0 Å². The highest BCUT2D eigenvalue weighted by Gasteiger charge is 2.30. The lowest BCUT2D eigenvalue weighted by Gasteiger charge is -2.15. The third-order valence-corrected chi connectivity index (χ3v) is 2.87. The van der Waals surface area contributed by atoms with E-state index in [2.05, 4.69) is 10.6 Å². The first-order chi connectivity index (χ1) is 11.3. The Hall–Kier alpha value is -2.69. The molecule has 0 aliphatic heterocycles. The Kier molecular flexibility index (Phi) is 7.11. The van der Waals surface area contributed by atoms with Crippen LogP contribution in [0.1, 0.15) is 25.8 Å². The van der Waals surface area contributed by atoms with Gasteiger partial charge in [-0.25, -0.2) is 4.79 Å². The second kappa shape index (κ2) is 8.82. The fourth-order valence-corrected chi connectivity index (χ4v) is 1.74. The number of hydrogen-bond donors (Lipinski definition) is 2. The fraction of sp³-hybridized carbons (Fsp3) is 0.375. The lowest BCUT2D eigenvalue weighted by molar-refractivity contribution is -0.138. The summed E-state index contributed by atoms with van der Waals surface area (Å²) in [6, 6.07) is 6.02. The van der Waals surface area contributed by atoms with Crippen molar-refractivity contribution >= 4 is 11.7 Å². The Bertz CT molecular complexity index is 631. The van der Waals surface area contributed by atoms with Crippen LogP contribution in [0.2, 0.25) is 0 Å². The molecule has 1 aromatic carbocycles. The molecule has 1 aromatic rings. The molecule has 0 unspecified atom stereocenters. The Balaban J connectivity index is 3.09. The van der Waals surface area contributed by atoms with Gasteiger partial charge in [-0.15, -0.1) is 0 Å². The maximum absolute atomic E-state index is 12.6. The zero-order chi connectivity index (χ0) is 18.2. The van der Waals surface area contributed by atoms with Gasteiger partial charge in [0, 0.05) is 12.2 Å². The average Bonchev–Trinajstić information content (AvgIpc) is 2.53. The van der Waals surface area contributed by atoms with Crippen LogP contribution >= 0.6 is 0 Å². The lowest BCUT2D eigenvalue weighted by Crippen LogP contribution is -2.25. The van der Waals surface area contributed by atoms with Gasteiger partial charge in [0.25, 0.3) is 0 Å². The molecule has 2 N–H and O–H groups in total. The summed E-state index contributed by atoms with van der Waals surface area (Å²) in [6.07, 6.45) is -3.71. The number of nitrogens with one attached hydrogen (secondary N) is 2. The van der Waals surface area contributed by atoms with Gasteiger partial charge in [-0.3, -0.25) is 0 Å². The van der Waals surface area contributed by atoms with Crippen LogP contribution in [-0.2, 0) is 15.7 Å². The van der Waals surface area contributed by atoms with Crippen molar-refractivity contribution in [1.29, 1.82) is 5.26 Å². The van der Waals surface area contributed by atoms with Crippen molar-refractivity contribution in [2.45, 2.75) is 26.4 Å². The number of anilines is 1. The molecule has 130 valence electrons. The summed E-state index contributed by atoms with van der Waals surface area (Å²) < 4.78 is 42.5. The van der Waals surface area contributed by atoms with Crippen LogP contribution in [0, 0.1) is 11.3 Å². The first-order valence-electron chi connectivity index (χ1n) is 7.33. The first kappa shape index (κ1) is 19.4. The third-order valence-electron chi connectivity index (χ3n) is 2.87. The molecule has 1 rings (SSSR count). The summed E-state index contributed by atoms with van der Waals surface area (Å²) >= 11 is 0. The second-order valence-corrected chi connectivity index (χ2v) is 4.71. The van der Waals surface area contributed by atoms with Gasteiger partial charge in [-0.2, -0.15) is 18.4 Å². The summed E-state index contributed by atoms with van der Waals surface area (Å²) in [5.41, 5.74) is -0.755. The third kappa shape index (κ3) is 5.50. The molecule has 0 saturated carbocycles. The van der Waals surface area contributed by atoms with Gasteiger partial charge in [-0.1, -0.05) is 6.92 Å². The summed E-state index contributed by atoms with van der Waals surface area (Å²) in [6.45, 7) is 4.06.